The molecule has 0 aliphatic carbocycles. The molecule has 0 radical (unpaired) electrons. The monoisotopic (exact) mass is 276 g/mol. The first-order valence-corrected chi connectivity index (χ1v) is 6.71. The summed E-state index contributed by atoms with van der Waals surface area (Å²) in [6.07, 6.45) is 4.98. The summed E-state index contributed by atoms with van der Waals surface area (Å²) in [5.74, 6) is 2.00. The van der Waals surface area contributed by atoms with E-state index in [1.807, 2.05) is 13.8 Å². The third-order valence-corrected chi connectivity index (χ3v) is 2.84. The van der Waals surface area contributed by atoms with Crippen molar-refractivity contribution < 1.29 is 4.42 Å². The predicted octanol–water partition coefficient (Wildman–Crippen LogP) is 2.37. The highest BCUT2D eigenvalue weighted by atomic mass is 16.4. The van der Waals surface area contributed by atoms with E-state index >= 15 is 0 Å². The first kappa shape index (κ1) is 14.3. The van der Waals surface area contributed by atoms with Crippen molar-refractivity contribution in [3.63, 3.8) is 0 Å². The van der Waals surface area contributed by atoms with Crippen LogP contribution in [-0.2, 0) is 6.54 Å². The van der Waals surface area contributed by atoms with Gasteiger partial charge in [0.1, 0.15) is 11.8 Å². The van der Waals surface area contributed by atoms with E-state index in [-0.39, 0.29) is 11.6 Å². The number of rotatable bonds is 5. The fourth-order valence-corrected chi connectivity index (χ4v) is 1.92. The molecule has 20 heavy (non-hydrogen) atoms. The number of nitrogens with zero attached hydrogens (tertiary/aromatic N) is 3. The van der Waals surface area contributed by atoms with Crippen LogP contribution < -0.4 is 10.9 Å². The van der Waals surface area contributed by atoms with Gasteiger partial charge in [0.25, 0.3) is 5.56 Å². The van der Waals surface area contributed by atoms with Crippen LogP contribution >= 0.6 is 0 Å². The fourth-order valence-electron chi connectivity index (χ4n) is 1.92. The van der Waals surface area contributed by atoms with Gasteiger partial charge in [-0.1, -0.05) is 13.8 Å². The van der Waals surface area contributed by atoms with E-state index in [2.05, 4.69) is 29.1 Å². The minimum absolute atomic E-state index is 0.128. The summed E-state index contributed by atoms with van der Waals surface area (Å²) in [4.78, 5) is 20.5. The van der Waals surface area contributed by atoms with Crippen molar-refractivity contribution in [1.29, 1.82) is 0 Å². The molecule has 0 aromatic carbocycles. The average molecular weight is 276 g/mol. The lowest BCUT2D eigenvalue weighted by Gasteiger charge is -2.13. The van der Waals surface area contributed by atoms with Gasteiger partial charge >= 0.3 is 0 Å². The number of aromatic nitrogens is 3. The lowest BCUT2D eigenvalue weighted by molar-refractivity contribution is 0.452. The number of anilines is 1. The van der Waals surface area contributed by atoms with Gasteiger partial charge in [0.2, 0.25) is 5.89 Å². The van der Waals surface area contributed by atoms with Crippen molar-refractivity contribution >= 4 is 5.82 Å². The summed E-state index contributed by atoms with van der Waals surface area (Å²) in [5.41, 5.74) is -0.128. The van der Waals surface area contributed by atoms with Crippen LogP contribution in [0.15, 0.2) is 27.8 Å². The minimum Gasteiger partial charge on any atom is -0.444 e. The molecule has 0 bridgehead atoms. The van der Waals surface area contributed by atoms with Gasteiger partial charge in [-0.2, -0.15) is 0 Å². The highest BCUT2D eigenvalue weighted by molar-refractivity contribution is 5.33. The van der Waals surface area contributed by atoms with Gasteiger partial charge in [0, 0.05) is 18.9 Å². The summed E-state index contributed by atoms with van der Waals surface area (Å²) in [7, 11) is 0. The van der Waals surface area contributed by atoms with Crippen LogP contribution in [0, 0.1) is 12.8 Å². The molecule has 6 heteroatoms. The largest absolute Gasteiger partial charge is 0.444 e. The zero-order valence-electron chi connectivity index (χ0n) is 12.3. The molecule has 1 unspecified atom stereocenters. The van der Waals surface area contributed by atoms with Crippen molar-refractivity contribution in [3.8, 4) is 0 Å². The zero-order valence-corrected chi connectivity index (χ0v) is 12.3. The van der Waals surface area contributed by atoms with Gasteiger partial charge in [0.05, 0.1) is 6.20 Å². The normalized spacial score (nSPS) is 12.7. The molecule has 0 spiro atoms. The SMILES string of the molecule is Cc1cnc(C(C)Nc2nccn(CC(C)C)c2=O)o1. The number of hydrogen-bond acceptors (Lipinski definition) is 5. The summed E-state index contributed by atoms with van der Waals surface area (Å²) >= 11 is 0. The summed E-state index contributed by atoms with van der Waals surface area (Å²) in [6, 6.07) is -0.209. The maximum Gasteiger partial charge on any atom is 0.293 e. The van der Waals surface area contributed by atoms with E-state index in [1.54, 1.807) is 23.2 Å². The van der Waals surface area contributed by atoms with Gasteiger partial charge in [-0.25, -0.2) is 9.97 Å². The molecule has 0 amide bonds. The maximum absolute atomic E-state index is 12.3. The average Bonchev–Trinajstić information content (AvgIpc) is 2.80. The molecule has 1 N–H and O–H groups in total. The Morgan fingerprint density at radius 2 is 2.10 bits per heavy atom. The van der Waals surface area contributed by atoms with Crippen LogP contribution in [0.5, 0.6) is 0 Å². The first-order valence-electron chi connectivity index (χ1n) is 6.71. The second kappa shape index (κ2) is 5.90. The third-order valence-electron chi connectivity index (χ3n) is 2.84. The number of aryl methyl sites for hydroxylation is 1. The Balaban J connectivity index is 2.19. The Morgan fingerprint density at radius 1 is 1.35 bits per heavy atom. The quantitative estimate of drug-likeness (QED) is 0.907. The Morgan fingerprint density at radius 3 is 2.70 bits per heavy atom. The summed E-state index contributed by atoms with van der Waals surface area (Å²) in [6.45, 7) is 8.52. The van der Waals surface area contributed by atoms with E-state index in [0.29, 0.717) is 24.2 Å². The van der Waals surface area contributed by atoms with Crippen molar-refractivity contribution in [3.05, 3.63) is 40.6 Å². The van der Waals surface area contributed by atoms with Crippen LogP contribution in [0.2, 0.25) is 0 Å². The minimum atomic E-state index is -0.209. The molecule has 0 saturated heterocycles. The van der Waals surface area contributed by atoms with Crippen LogP contribution in [0.1, 0.15) is 38.5 Å². The van der Waals surface area contributed by atoms with Gasteiger partial charge in [-0.15, -0.1) is 0 Å². The Hall–Kier alpha value is -2.11. The van der Waals surface area contributed by atoms with Crippen molar-refractivity contribution in [2.45, 2.75) is 40.3 Å². The Bertz CT molecular complexity index is 630. The second-order valence-corrected chi connectivity index (χ2v) is 5.30. The molecule has 6 nitrogen and oxygen atoms in total. The number of nitrogens with one attached hydrogen (secondary N) is 1. The zero-order chi connectivity index (χ0) is 14.7. The molecule has 0 fully saturated rings. The van der Waals surface area contributed by atoms with Crippen LogP contribution in [0.25, 0.3) is 0 Å². The van der Waals surface area contributed by atoms with E-state index in [4.69, 9.17) is 4.42 Å². The molecule has 1 atom stereocenters. The van der Waals surface area contributed by atoms with E-state index in [9.17, 15) is 4.79 Å². The van der Waals surface area contributed by atoms with E-state index in [1.165, 1.54) is 0 Å². The molecule has 108 valence electrons. The molecule has 2 aromatic heterocycles. The first-order chi connectivity index (χ1) is 9.47. The molecule has 0 saturated carbocycles. The molecular weight excluding hydrogens is 256 g/mol. The highest BCUT2D eigenvalue weighted by Gasteiger charge is 2.14. The lowest BCUT2D eigenvalue weighted by atomic mass is 10.2. The Kier molecular flexibility index (Phi) is 4.22. The second-order valence-electron chi connectivity index (χ2n) is 5.30. The smallest absolute Gasteiger partial charge is 0.293 e. The van der Waals surface area contributed by atoms with Gasteiger partial charge in [0.15, 0.2) is 5.82 Å². The van der Waals surface area contributed by atoms with Gasteiger partial charge in [-0.05, 0) is 19.8 Å². The fraction of sp³-hybridized carbons (Fsp3) is 0.500. The van der Waals surface area contributed by atoms with Gasteiger partial charge in [-0.3, -0.25) is 4.79 Å². The molecule has 2 aromatic rings. The van der Waals surface area contributed by atoms with Crippen LogP contribution in [0.4, 0.5) is 5.82 Å². The Labute approximate surface area is 117 Å². The number of oxazole rings is 1. The topological polar surface area (TPSA) is 73.0 Å². The third kappa shape index (κ3) is 3.26. The molecule has 2 heterocycles. The lowest BCUT2D eigenvalue weighted by Crippen LogP contribution is -2.26. The van der Waals surface area contributed by atoms with E-state index < -0.39 is 0 Å². The standard InChI is InChI=1S/C14H20N4O2/c1-9(2)8-18-6-5-15-12(14(18)19)17-11(4)13-16-7-10(3)20-13/h5-7,9,11H,8H2,1-4H3,(H,15,17). The molecule has 2 rings (SSSR count). The predicted molar refractivity (Wildman–Crippen MR) is 76.6 cm³/mol. The van der Waals surface area contributed by atoms with Crippen molar-refractivity contribution in [2.24, 2.45) is 5.92 Å². The highest BCUT2D eigenvalue weighted by Crippen LogP contribution is 2.15. The van der Waals surface area contributed by atoms with Gasteiger partial charge < -0.3 is 14.3 Å². The van der Waals surface area contributed by atoms with Crippen LogP contribution in [0.3, 0.4) is 0 Å². The van der Waals surface area contributed by atoms with E-state index in [0.717, 1.165) is 5.76 Å². The van der Waals surface area contributed by atoms with Crippen LogP contribution in [-0.4, -0.2) is 14.5 Å². The number of hydrogen-bond donors (Lipinski definition) is 1. The summed E-state index contributed by atoms with van der Waals surface area (Å²) < 4.78 is 7.10. The molecule has 0 aliphatic rings. The van der Waals surface area contributed by atoms with Crippen molar-refractivity contribution in [2.75, 3.05) is 5.32 Å². The summed E-state index contributed by atoms with van der Waals surface area (Å²) in [5, 5.41) is 3.05. The molecular formula is C14H20N4O2. The van der Waals surface area contributed by atoms with Crippen molar-refractivity contribution in [1.82, 2.24) is 14.5 Å². The molecule has 0 aliphatic heterocycles. The maximum atomic E-state index is 12.3.